The van der Waals surface area contributed by atoms with Crippen molar-refractivity contribution < 1.29 is 4.74 Å². The Morgan fingerprint density at radius 1 is 0.889 bits per heavy atom. The van der Waals surface area contributed by atoms with Crippen molar-refractivity contribution in [3.8, 4) is 5.75 Å². The molecule has 0 amide bonds. The SMILES string of the molecule is COc1ccccc1CC1CCc2ccccc2C1NCc1ccccc1. The fourth-order valence-electron chi connectivity index (χ4n) is 4.30. The third kappa shape index (κ3) is 4.06. The molecule has 0 aromatic heterocycles. The van der Waals surface area contributed by atoms with Crippen LogP contribution in [0.4, 0.5) is 0 Å². The summed E-state index contributed by atoms with van der Waals surface area (Å²) in [7, 11) is 1.76. The molecule has 0 saturated carbocycles. The lowest BCUT2D eigenvalue weighted by molar-refractivity contribution is 0.312. The van der Waals surface area contributed by atoms with Gasteiger partial charge in [0.05, 0.1) is 7.11 Å². The van der Waals surface area contributed by atoms with Gasteiger partial charge in [0.15, 0.2) is 0 Å². The predicted octanol–water partition coefficient (Wildman–Crippen LogP) is 5.33. The van der Waals surface area contributed by atoms with Gasteiger partial charge in [-0.3, -0.25) is 0 Å². The van der Waals surface area contributed by atoms with E-state index in [-0.39, 0.29) is 0 Å². The largest absolute Gasteiger partial charge is 0.496 e. The van der Waals surface area contributed by atoms with Crippen molar-refractivity contribution in [2.75, 3.05) is 7.11 Å². The van der Waals surface area contributed by atoms with E-state index in [1.165, 1.54) is 28.7 Å². The summed E-state index contributed by atoms with van der Waals surface area (Å²) in [4.78, 5) is 0. The van der Waals surface area contributed by atoms with Crippen LogP contribution >= 0.6 is 0 Å². The lowest BCUT2D eigenvalue weighted by Gasteiger charge is -2.35. The van der Waals surface area contributed by atoms with Gasteiger partial charge in [-0.2, -0.15) is 0 Å². The molecule has 2 unspecified atom stereocenters. The molecule has 0 radical (unpaired) electrons. The van der Waals surface area contributed by atoms with Crippen molar-refractivity contribution in [2.45, 2.75) is 31.8 Å². The predicted molar refractivity (Wildman–Crippen MR) is 111 cm³/mol. The summed E-state index contributed by atoms with van der Waals surface area (Å²) in [5.41, 5.74) is 5.58. The first-order valence-corrected chi connectivity index (χ1v) is 9.82. The molecule has 138 valence electrons. The standard InChI is InChI=1S/C25H27NO/c1-27-24-14-8-6-12-21(24)17-22-16-15-20-11-5-7-13-23(20)25(22)26-18-19-9-3-2-4-10-19/h2-14,22,25-26H,15-18H2,1H3. The van der Waals surface area contributed by atoms with E-state index in [2.05, 4.69) is 78.1 Å². The van der Waals surface area contributed by atoms with Crippen molar-refractivity contribution in [2.24, 2.45) is 5.92 Å². The van der Waals surface area contributed by atoms with E-state index in [9.17, 15) is 0 Å². The Kier molecular flexibility index (Phi) is 5.55. The van der Waals surface area contributed by atoms with E-state index in [4.69, 9.17) is 4.74 Å². The quantitative estimate of drug-likeness (QED) is 0.644. The van der Waals surface area contributed by atoms with Gasteiger partial charge in [0.2, 0.25) is 0 Å². The van der Waals surface area contributed by atoms with Crippen molar-refractivity contribution in [3.05, 3.63) is 101 Å². The van der Waals surface area contributed by atoms with E-state index in [0.717, 1.165) is 25.1 Å². The van der Waals surface area contributed by atoms with E-state index in [1.807, 2.05) is 6.07 Å². The summed E-state index contributed by atoms with van der Waals surface area (Å²) in [6.45, 7) is 0.891. The molecular formula is C25H27NO. The molecule has 0 saturated heterocycles. The summed E-state index contributed by atoms with van der Waals surface area (Å²) >= 11 is 0. The second kappa shape index (κ2) is 8.41. The molecule has 2 atom stereocenters. The normalized spacial score (nSPS) is 18.7. The molecule has 0 spiro atoms. The first-order chi connectivity index (χ1) is 13.3. The molecule has 2 heteroatoms. The first kappa shape index (κ1) is 17.8. The van der Waals surface area contributed by atoms with Crippen LogP contribution in [0.15, 0.2) is 78.9 Å². The molecule has 1 aliphatic carbocycles. The molecule has 3 aromatic carbocycles. The minimum absolute atomic E-state index is 0.361. The Morgan fingerprint density at radius 3 is 2.48 bits per heavy atom. The van der Waals surface area contributed by atoms with Gasteiger partial charge < -0.3 is 10.1 Å². The second-order valence-corrected chi connectivity index (χ2v) is 7.36. The van der Waals surface area contributed by atoms with Crippen LogP contribution in [0.1, 0.15) is 34.7 Å². The fourth-order valence-corrected chi connectivity index (χ4v) is 4.30. The molecule has 1 aliphatic rings. The molecule has 3 aromatic rings. The van der Waals surface area contributed by atoms with Gasteiger partial charge in [0.25, 0.3) is 0 Å². The zero-order valence-corrected chi connectivity index (χ0v) is 15.9. The van der Waals surface area contributed by atoms with Gasteiger partial charge in [0, 0.05) is 12.6 Å². The number of aryl methyl sites for hydroxylation is 1. The number of para-hydroxylation sites is 1. The van der Waals surface area contributed by atoms with Crippen LogP contribution < -0.4 is 10.1 Å². The van der Waals surface area contributed by atoms with Gasteiger partial charge >= 0.3 is 0 Å². The molecule has 0 heterocycles. The lowest BCUT2D eigenvalue weighted by atomic mass is 9.76. The van der Waals surface area contributed by atoms with E-state index in [0.29, 0.717) is 12.0 Å². The summed E-state index contributed by atoms with van der Waals surface area (Å²) in [5, 5.41) is 3.86. The highest BCUT2D eigenvalue weighted by Gasteiger charge is 2.29. The third-order valence-electron chi connectivity index (χ3n) is 5.69. The minimum Gasteiger partial charge on any atom is -0.496 e. The molecule has 1 N–H and O–H groups in total. The van der Waals surface area contributed by atoms with Crippen LogP contribution in [-0.2, 0) is 19.4 Å². The highest BCUT2D eigenvalue weighted by Crippen LogP contribution is 2.38. The van der Waals surface area contributed by atoms with Crippen molar-refractivity contribution in [3.63, 3.8) is 0 Å². The number of benzene rings is 3. The average molecular weight is 357 g/mol. The number of hydrogen-bond acceptors (Lipinski definition) is 2. The maximum absolute atomic E-state index is 5.60. The second-order valence-electron chi connectivity index (χ2n) is 7.36. The van der Waals surface area contributed by atoms with Crippen molar-refractivity contribution in [1.29, 1.82) is 0 Å². The van der Waals surface area contributed by atoms with Crippen LogP contribution in [-0.4, -0.2) is 7.11 Å². The van der Waals surface area contributed by atoms with E-state index < -0.39 is 0 Å². The zero-order chi connectivity index (χ0) is 18.5. The number of ether oxygens (including phenoxy) is 1. The Bertz CT molecular complexity index is 874. The van der Waals surface area contributed by atoms with Crippen LogP contribution in [0.2, 0.25) is 0 Å². The number of hydrogen-bond donors (Lipinski definition) is 1. The highest BCUT2D eigenvalue weighted by molar-refractivity contribution is 5.37. The van der Waals surface area contributed by atoms with Gasteiger partial charge in [0.1, 0.15) is 5.75 Å². The molecule has 0 fully saturated rings. The third-order valence-corrected chi connectivity index (χ3v) is 5.69. The maximum atomic E-state index is 5.60. The number of nitrogens with one attached hydrogen (secondary N) is 1. The fraction of sp³-hybridized carbons (Fsp3) is 0.280. The molecule has 27 heavy (non-hydrogen) atoms. The summed E-state index contributed by atoms with van der Waals surface area (Å²) < 4.78 is 5.60. The van der Waals surface area contributed by atoms with E-state index in [1.54, 1.807) is 7.11 Å². The van der Waals surface area contributed by atoms with Crippen LogP contribution in [0.5, 0.6) is 5.75 Å². The summed E-state index contributed by atoms with van der Waals surface area (Å²) in [6.07, 6.45) is 3.38. The Morgan fingerprint density at radius 2 is 1.63 bits per heavy atom. The van der Waals surface area contributed by atoms with Crippen LogP contribution in [0.25, 0.3) is 0 Å². The zero-order valence-electron chi connectivity index (χ0n) is 15.9. The average Bonchev–Trinajstić information content (AvgIpc) is 2.74. The number of methoxy groups -OCH3 is 1. The summed E-state index contributed by atoms with van der Waals surface area (Å²) in [6, 6.07) is 28.4. The Hall–Kier alpha value is -2.58. The first-order valence-electron chi connectivity index (χ1n) is 9.82. The van der Waals surface area contributed by atoms with Crippen molar-refractivity contribution in [1.82, 2.24) is 5.32 Å². The van der Waals surface area contributed by atoms with E-state index >= 15 is 0 Å². The lowest BCUT2D eigenvalue weighted by Crippen LogP contribution is -2.33. The summed E-state index contributed by atoms with van der Waals surface area (Å²) in [5.74, 6) is 1.55. The molecule has 0 aliphatic heterocycles. The maximum Gasteiger partial charge on any atom is 0.122 e. The topological polar surface area (TPSA) is 21.3 Å². The van der Waals surface area contributed by atoms with Crippen LogP contribution in [0.3, 0.4) is 0 Å². The smallest absolute Gasteiger partial charge is 0.122 e. The number of rotatable bonds is 6. The van der Waals surface area contributed by atoms with Gasteiger partial charge in [-0.1, -0.05) is 72.8 Å². The molecule has 0 bridgehead atoms. The van der Waals surface area contributed by atoms with Crippen molar-refractivity contribution >= 4 is 0 Å². The Balaban J connectivity index is 1.59. The molecular weight excluding hydrogens is 330 g/mol. The minimum atomic E-state index is 0.361. The van der Waals surface area contributed by atoms with Gasteiger partial charge in [-0.15, -0.1) is 0 Å². The Labute approximate surface area is 162 Å². The highest BCUT2D eigenvalue weighted by atomic mass is 16.5. The molecule has 4 rings (SSSR count). The monoisotopic (exact) mass is 357 g/mol. The van der Waals surface area contributed by atoms with Gasteiger partial charge in [-0.25, -0.2) is 0 Å². The van der Waals surface area contributed by atoms with Crippen LogP contribution in [0, 0.1) is 5.92 Å². The number of fused-ring (bicyclic) bond motifs is 1. The molecule has 2 nitrogen and oxygen atoms in total. The van der Waals surface area contributed by atoms with Gasteiger partial charge in [-0.05, 0) is 53.5 Å².